The number of carbonyl (C=O) groups excluding carboxylic acids is 1. The molecule has 0 bridgehead atoms. The third-order valence-corrected chi connectivity index (χ3v) is 6.71. The fourth-order valence-corrected chi connectivity index (χ4v) is 4.83. The van der Waals surface area contributed by atoms with E-state index in [0.717, 1.165) is 15.4 Å². The summed E-state index contributed by atoms with van der Waals surface area (Å²) in [6.45, 7) is 7.09. The zero-order chi connectivity index (χ0) is 29.8. The maximum absolute atomic E-state index is 13.6. The van der Waals surface area contributed by atoms with E-state index in [2.05, 4.69) is 27.6 Å². The van der Waals surface area contributed by atoms with Gasteiger partial charge >= 0.3 is 5.97 Å². The number of hydrogen-bond donors (Lipinski definition) is 0. The molecule has 0 atom stereocenters. The topological polar surface area (TPSA) is 105 Å². The Kier molecular flexibility index (Phi) is 8.53. The number of nitrogens with zero attached hydrogens (tertiary/aromatic N) is 3. The number of hydrogen-bond acceptors (Lipinski definition) is 8. The van der Waals surface area contributed by atoms with Gasteiger partial charge in [-0.1, -0.05) is 34.1 Å². The first-order chi connectivity index (χ1) is 20.3. The van der Waals surface area contributed by atoms with Gasteiger partial charge in [-0.2, -0.15) is 9.78 Å². The molecule has 0 N–H and O–H groups in total. The molecular formula is C32H28BrN3O6. The van der Waals surface area contributed by atoms with Crippen molar-refractivity contribution in [2.24, 2.45) is 5.10 Å². The van der Waals surface area contributed by atoms with Gasteiger partial charge in [0.15, 0.2) is 23.9 Å². The smallest absolute Gasteiger partial charge is 0.344 e. The molecule has 42 heavy (non-hydrogen) atoms. The SMILES string of the molecule is C=CCc1cc(C=Nn2c(-c3cc4cc(Br)ccc4o3)nc3ccccc3c2=O)cc(OC)c1OCC(=O)OC(C)C. The van der Waals surface area contributed by atoms with Crippen molar-refractivity contribution in [2.75, 3.05) is 13.7 Å². The van der Waals surface area contributed by atoms with E-state index in [1.165, 1.54) is 18.0 Å². The first-order valence-corrected chi connectivity index (χ1v) is 14.0. The van der Waals surface area contributed by atoms with Crippen LogP contribution in [0.1, 0.15) is 25.0 Å². The Hall–Kier alpha value is -4.70. The van der Waals surface area contributed by atoms with Crippen molar-refractivity contribution in [3.8, 4) is 23.1 Å². The van der Waals surface area contributed by atoms with Gasteiger partial charge in [0.1, 0.15) is 5.58 Å². The Morgan fingerprint density at radius 1 is 1.17 bits per heavy atom. The van der Waals surface area contributed by atoms with Crippen LogP contribution in [0.2, 0.25) is 0 Å². The summed E-state index contributed by atoms with van der Waals surface area (Å²) < 4.78 is 24.8. The number of para-hydroxylation sites is 1. The molecule has 0 spiro atoms. The van der Waals surface area contributed by atoms with Crippen LogP contribution in [-0.2, 0) is 16.0 Å². The second kappa shape index (κ2) is 12.4. The number of aromatic nitrogens is 2. The Morgan fingerprint density at radius 3 is 2.74 bits per heavy atom. The van der Waals surface area contributed by atoms with Crippen LogP contribution in [0.3, 0.4) is 0 Å². The van der Waals surface area contributed by atoms with E-state index in [4.69, 9.17) is 23.6 Å². The van der Waals surface area contributed by atoms with Gasteiger partial charge in [-0.25, -0.2) is 9.78 Å². The van der Waals surface area contributed by atoms with Crippen molar-refractivity contribution in [3.05, 3.63) is 99.3 Å². The first kappa shape index (κ1) is 28.8. The monoisotopic (exact) mass is 629 g/mol. The van der Waals surface area contributed by atoms with Gasteiger partial charge in [-0.15, -0.1) is 6.58 Å². The Morgan fingerprint density at radius 2 is 1.98 bits per heavy atom. The van der Waals surface area contributed by atoms with Crippen molar-refractivity contribution in [2.45, 2.75) is 26.4 Å². The number of allylic oxidation sites excluding steroid dienone is 1. The number of esters is 1. The largest absolute Gasteiger partial charge is 0.493 e. The van der Waals surface area contributed by atoms with Crippen LogP contribution in [0.25, 0.3) is 33.5 Å². The minimum Gasteiger partial charge on any atom is -0.493 e. The predicted octanol–water partition coefficient (Wildman–Crippen LogP) is 6.52. The van der Waals surface area contributed by atoms with E-state index in [-0.39, 0.29) is 24.1 Å². The van der Waals surface area contributed by atoms with Gasteiger partial charge < -0.3 is 18.6 Å². The first-order valence-electron chi connectivity index (χ1n) is 13.2. The predicted molar refractivity (Wildman–Crippen MR) is 166 cm³/mol. The fourth-order valence-electron chi connectivity index (χ4n) is 4.45. The van der Waals surface area contributed by atoms with Crippen LogP contribution >= 0.6 is 15.9 Å². The maximum Gasteiger partial charge on any atom is 0.344 e. The van der Waals surface area contributed by atoms with E-state index >= 15 is 0 Å². The van der Waals surface area contributed by atoms with Crippen LogP contribution < -0.4 is 15.0 Å². The molecule has 5 aromatic rings. The van der Waals surface area contributed by atoms with Crippen molar-refractivity contribution in [3.63, 3.8) is 0 Å². The molecule has 0 aliphatic heterocycles. The van der Waals surface area contributed by atoms with E-state index in [9.17, 15) is 9.59 Å². The quantitative estimate of drug-likeness (QED) is 0.0983. The van der Waals surface area contributed by atoms with Gasteiger partial charge in [-0.05, 0) is 74.4 Å². The van der Waals surface area contributed by atoms with Crippen LogP contribution in [0.4, 0.5) is 0 Å². The minimum absolute atomic E-state index is 0.254. The Bertz CT molecular complexity index is 1890. The lowest BCUT2D eigenvalue weighted by Gasteiger charge is -2.16. The van der Waals surface area contributed by atoms with Crippen LogP contribution in [-0.4, -0.2) is 41.7 Å². The molecule has 9 nitrogen and oxygen atoms in total. The van der Waals surface area contributed by atoms with Crippen molar-refractivity contribution in [1.82, 2.24) is 9.66 Å². The maximum atomic E-state index is 13.6. The molecule has 10 heteroatoms. The van der Waals surface area contributed by atoms with Crippen LogP contribution in [0, 0.1) is 0 Å². The summed E-state index contributed by atoms with van der Waals surface area (Å²) in [6, 6.07) is 18.1. The van der Waals surface area contributed by atoms with Gasteiger partial charge in [0, 0.05) is 15.4 Å². The normalized spacial score (nSPS) is 11.5. The van der Waals surface area contributed by atoms with E-state index in [0.29, 0.717) is 45.7 Å². The highest BCUT2D eigenvalue weighted by molar-refractivity contribution is 9.10. The van der Waals surface area contributed by atoms with Crippen molar-refractivity contribution >= 4 is 50.0 Å². The molecule has 0 saturated heterocycles. The summed E-state index contributed by atoms with van der Waals surface area (Å²) in [4.78, 5) is 30.5. The molecule has 214 valence electrons. The highest BCUT2D eigenvalue weighted by Crippen LogP contribution is 2.34. The van der Waals surface area contributed by atoms with Gasteiger partial charge in [-0.3, -0.25) is 4.79 Å². The molecule has 0 unspecified atom stereocenters. The lowest BCUT2D eigenvalue weighted by Crippen LogP contribution is -2.20. The average molecular weight is 630 g/mol. The zero-order valence-electron chi connectivity index (χ0n) is 23.3. The molecule has 0 amide bonds. The van der Waals surface area contributed by atoms with Gasteiger partial charge in [0.25, 0.3) is 5.56 Å². The molecule has 0 aliphatic rings. The minimum atomic E-state index is -0.490. The number of rotatable bonds is 10. The fraction of sp³-hybridized carbons (Fsp3) is 0.188. The second-order valence-electron chi connectivity index (χ2n) is 9.64. The molecule has 0 aliphatic carbocycles. The summed E-state index contributed by atoms with van der Waals surface area (Å²) >= 11 is 3.48. The number of ether oxygens (including phenoxy) is 3. The second-order valence-corrected chi connectivity index (χ2v) is 10.6. The molecule has 0 fully saturated rings. The molecule has 2 aromatic heterocycles. The molecular weight excluding hydrogens is 602 g/mol. The summed E-state index contributed by atoms with van der Waals surface area (Å²) in [5.74, 6) is 0.944. The lowest BCUT2D eigenvalue weighted by atomic mass is 10.1. The lowest BCUT2D eigenvalue weighted by molar-refractivity contribution is -0.149. The summed E-state index contributed by atoms with van der Waals surface area (Å²) in [7, 11) is 1.50. The molecule has 5 rings (SSSR count). The number of furan rings is 1. The highest BCUT2D eigenvalue weighted by atomic mass is 79.9. The summed E-state index contributed by atoms with van der Waals surface area (Å²) in [6.07, 6.45) is 3.43. The van der Waals surface area contributed by atoms with E-state index in [1.54, 1.807) is 44.2 Å². The number of benzene rings is 3. The third-order valence-electron chi connectivity index (χ3n) is 6.21. The third kappa shape index (κ3) is 6.13. The standard InChI is InChI=1S/C32H28BrN3O6/c1-5-8-21-13-20(14-27(39-4)30(21)40-18-29(37)41-19(2)3)17-34-36-31(35-25-10-7-6-9-24(25)32(36)38)28-16-22-15-23(33)11-12-26(22)42-28/h5-7,9-17,19H,1,8,18H2,2-4H3. The number of halogens is 1. The molecule has 0 saturated carbocycles. The number of carbonyl (C=O) groups is 1. The van der Waals surface area contributed by atoms with Crippen molar-refractivity contribution < 1.29 is 23.4 Å². The van der Waals surface area contributed by atoms with Crippen LogP contribution in [0.5, 0.6) is 11.5 Å². The summed E-state index contributed by atoms with van der Waals surface area (Å²) in [5.41, 5.74) is 2.17. The Balaban J connectivity index is 1.58. The van der Waals surface area contributed by atoms with Gasteiger partial charge in [0.05, 0.1) is 30.3 Å². The van der Waals surface area contributed by atoms with Crippen molar-refractivity contribution in [1.29, 1.82) is 0 Å². The highest BCUT2D eigenvalue weighted by Gasteiger charge is 2.18. The molecule has 2 heterocycles. The average Bonchev–Trinajstić information content (AvgIpc) is 3.38. The molecule has 0 radical (unpaired) electrons. The number of fused-ring (bicyclic) bond motifs is 2. The zero-order valence-corrected chi connectivity index (χ0v) is 24.9. The van der Waals surface area contributed by atoms with E-state index in [1.807, 2.05) is 36.4 Å². The van der Waals surface area contributed by atoms with Crippen LogP contribution in [0.15, 0.2) is 92.1 Å². The Labute approximate surface area is 250 Å². The molecule has 3 aromatic carbocycles. The van der Waals surface area contributed by atoms with E-state index < -0.39 is 5.97 Å². The van der Waals surface area contributed by atoms with Gasteiger partial charge in [0.2, 0.25) is 5.82 Å². The summed E-state index contributed by atoms with van der Waals surface area (Å²) in [5, 5.41) is 5.82. The number of methoxy groups -OCH3 is 1.